The predicted molar refractivity (Wildman–Crippen MR) is 103 cm³/mol. The summed E-state index contributed by atoms with van der Waals surface area (Å²) in [7, 11) is 0. The van der Waals surface area contributed by atoms with Crippen molar-refractivity contribution >= 4 is 5.91 Å². The molecule has 1 amide bonds. The third-order valence-corrected chi connectivity index (χ3v) is 5.77. The molecule has 4 rings (SSSR count). The van der Waals surface area contributed by atoms with Crippen molar-refractivity contribution in [1.82, 2.24) is 14.8 Å². The number of aryl methyl sites for hydroxylation is 1. The largest absolute Gasteiger partial charge is 0.341 e. The van der Waals surface area contributed by atoms with E-state index in [4.69, 9.17) is 0 Å². The molecule has 1 aromatic heterocycles. The van der Waals surface area contributed by atoms with Gasteiger partial charge in [0.2, 0.25) is 5.91 Å². The minimum atomic E-state index is 0.331. The van der Waals surface area contributed by atoms with Gasteiger partial charge in [0.05, 0.1) is 0 Å². The van der Waals surface area contributed by atoms with Crippen molar-refractivity contribution in [2.45, 2.75) is 38.1 Å². The molecule has 2 aromatic rings. The molecular weight excluding hydrogens is 322 g/mol. The molecule has 0 unspecified atom stereocenters. The Morgan fingerprint density at radius 3 is 2.77 bits per heavy atom. The number of nitrogens with zero attached hydrogens (tertiary/aromatic N) is 3. The first-order valence-electron chi connectivity index (χ1n) is 9.76. The molecule has 1 aliphatic heterocycles. The molecule has 4 heteroatoms. The Hall–Kier alpha value is -2.20. The molecule has 26 heavy (non-hydrogen) atoms. The lowest BCUT2D eigenvalue weighted by Gasteiger charge is -2.23. The van der Waals surface area contributed by atoms with E-state index in [1.54, 1.807) is 0 Å². The van der Waals surface area contributed by atoms with Crippen LogP contribution < -0.4 is 0 Å². The zero-order chi connectivity index (χ0) is 17.8. The van der Waals surface area contributed by atoms with Gasteiger partial charge in [-0.25, -0.2) is 0 Å². The summed E-state index contributed by atoms with van der Waals surface area (Å²) >= 11 is 0. The number of carbonyl (C=O) groups is 1. The molecule has 1 aliphatic carbocycles. The van der Waals surface area contributed by atoms with Crippen LogP contribution in [0.2, 0.25) is 0 Å². The number of amides is 1. The number of pyridine rings is 1. The molecule has 2 heterocycles. The van der Waals surface area contributed by atoms with Gasteiger partial charge in [0, 0.05) is 51.5 Å². The van der Waals surface area contributed by atoms with Crippen LogP contribution in [0, 0.1) is 0 Å². The highest BCUT2D eigenvalue weighted by molar-refractivity contribution is 5.77. The molecule has 0 bridgehead atoms. The molecule has 1 fully saturated rings. The van der Waals surface area contributed by atoms with Crippen LogP contribution in [0.4, 0.5) is 0 Å². The third-order valence-electron chi connectivity index (χ3n) is 5.77. The Kier molecular flexibility index (Phi) is 5.30. The van der Waals surface area contributed by atoms with Gasteiger partial charge in [-0.2, -0.15) is 0 Å². The number of hydrogen-bond donors (Lipinski definition) is 0. The SMILES string of the molecule is O=C(C[C@H]1CCc2ccccc21)N1CCCN(Cc2ccncc2)CC1. The van der Waals surface area contributed by atoms with E-state index in [-0.39, 0.29) is 0 Å². The first-order chi connectivity index (χ1) is 12.8. The molecule has 1 aromatic carbocycles. The van der Waals surface area contributed by atoms with Gasteiger partial charge in [0.15, 0.2) is 0 Å². The van der Waals surface area contributed by atoms with Gasteiger partial charge in [-0.05, 0) is 54.0 Å². The normalized spacial score (nSPS) is 20.6. The van der Waals surface area contributed by atoms with E-state index >= 15 is 0 Å². The minimum absolute atomic E-state index is 0.331. The van der Waals surface area contributed by atoms with Crippen LogP contribution in [0.25, 0.3) is 0 Å². The van der Waals surface area contributed by atoms with Crippen molar-refractivity contribution in [1.29, 1.82) is 0 Å². The van der Waals surface area contributed by atoms with E-state index < -0.39 is 0 Å². The van der Waals surface area contributed by atoms with Gasteiger partial charge in [-0.15, -0.1) is 0 Å². The van der Waals surface area contributed by atoms with Crippen LogP contribution in [0.15, 0.2) is 48.8 Å². The number of carbonyl (C=O) groups excluding carboxylic acids is 1. The second-order valence-corrected chi connectivity index (χ2v) is 7.50. The standard InChI is InChI=1S/C22H27N3O/c26-22(16-20-7-6-19-4-1-2-5-21(19)20)25-13-3-12-24(14-15-25)17-18-8-10-23-11-9-18/h1-2,4-5,8-11,20H,3,6-7,12-17H2/t20-/m1/s1. The van der Waals surface area contributed by atoms with E-state index in [1.807, 2.05) is 12.4 Å². The van der Waals surface area contributed by atoms with Gasteiger partial charge >= 0.3 is 0 Å². The van der Waals surface area contributed by atoms with E-state index in [0.29, 0.717) is 18.2 Å². The summed E-state index contributed by atoms with van der Waals surface area (Å²) < 4.78 is 0. The summed E-state index contributed by atoms with van der Waals surface area (Å²) in [4.78, 5) is 21.5. The second-order valence-electron chi connectivity index (χ2n) is 7.50. The lowest BCUT2D eigenvalue weighted by molar-refractivity contribution is -0.131. The molecular formula is C22H27N3O. The highest BCUT2D eigenvalue weighted by Gasteiger charge is 2.27. The monoisotopic (exact) mass is 349 g/mol. The summed E-state index contributed by atoms with van der Waals surface area (Å²) in [6.07, 6.45) is 7.66. The number of aromatic nitrogens is 1. The smallest absolute Gasteiger partial charge is 0.223 e. The second kappa shape index (κ2) is 8.00. The van der Waals surface area contributed by atoms with Crippen LogP contribution in [0.1, 0.15) is 41.9 Å². The van der Waals surface area contributed by atoms with Crippen molar-refractivity contribution in [2.75, 3.05) is 26.2 Å². The van der Waals surface area contributed by atoms with Gasteiger partial charge < -0.3 is 4.90 Å². The molecule has 0 radical (unpaired) electrons. The maximum atomic E-state index is 12.9. The lowest BCUT2D eigenvalue weighted by atomic mass is 9.97. The van der Waals surface area contributed by atoms with Crippen molar-refractivity contribution in [3.8, 4) is 0 Å². The van der Waals surface area contributed by atoms with Crippen LogP contribution in [0.5, 0.6) is 0 Å². The van der Waals surface area contributed by atoms with Gasteiger partial charge in [-0.1, -0.05) is 24.3 Å². The van der Waals surface area contributed by atoms with Crippen molar-refractivity contribution in [3.05, 3.63) is 65.5 Å². The van der Waals surface area contributed by atoms with Gasteiger partial charge in [0.1, 0.15) is 0 Å². The van der Waals surface area contributed by atoms with Crippen LogP contribution in [0.3, 0.4) is 0 Å². The Morgan fingerprint density at radius 2 is 1.88 bits per heavy atom. The average molecular weight is 349 g/mol. The number of hydrogen-bond acceptors (Lipinski definition) is 3. The highest BCUT2D eigenvalue weighted by Crippen LogP contribution is 2.35. The molecule has 0 N–H and O–H groups in total. The summed E-state index contributed by atoms with van der Waals surface area (Å²) in [5, 5.41) is 0. The molecule has 0 spiro atoms. The lowest BCUT2D eigenvalue weighted by Crippen LogP contribution is -2.35. The highest BCUT2D eigenvalue weighted by atomic mass is 16.2. The third kappa shape index (κ3) is 3.96. The Morgan fingerprint density at radius 1 is 1.04 bits per heavy atom. The van der Waals surface area contributed by atoms with Gasteiger partial charge in [-0.3, -0.25) is 14.7 Å². The minimum Gasteiger partial charge on any atom is -0.341 e. The van der Waals surface area contributed by atoms with E-state index in [2.05, 4.69) is 51.2 Å². The maximum absolute atomic E-state index is 12.9. The fourth-order valence-electron chi connectivity index (χ4n) is 4.32. The fraction of sp³-hybridized carbons (Fsp3) is 0.455. The number of fused-ring (bicyclic) bond motifs is 1. The maximum Gasteiger partial charge on any atom is 0.223 e. The Balaban J connectivity index is 1.32. The van der Waals surface area contributed by atoms with E-state index in [0.717, 1.165) is 52.0 Å². The van der Waals surface area contributed by atoms with Crippen LogP contribution in [-0.2, 0) is 17.8 Å². The molecule has 0 saturated carbocycles. The first kappa shape index (κ1) is 17.2. The average Bonchev–Trinajstić information content (AvgIpc) is 2.92. The number of rotatable bonds is 4. The zero-order valence-electron chi connectivity index (χ0n) is 15.3. The molecule has 1 saturated heterocycles. The van der Waals surface area contributed by atoms with Crippen molar-refractivity contribution in [2.24, 2.45) is 0 Å². The summed E-state index contributed by atoms with van der Waals surface area (Å²) in [5.74, 6) is 0.743. The molecule has 2 aliphatic rings. The summed E-state index contributed by atoms with van der Waals surface area (Å²) in [6.45, 7) is 4.69. The molecule has 1 atom stereocenters. The van der Waals surface area contributed by atoms with Gasteiger partial charge in [0.25, 0.3) is 0 Å². The van der Waals surface area contributed by atoms with Crippen LogP contribution in [-0.4, -0.2) is 46.9 Å². The quantitative estimate of drug-likeness (QED) is 0.850. The van der Waals surface area contributed by atoms with E-state index in [9.17, 15) is 4.79 Å². The van der Waals surface area contributed by atoms with Crippen molar-refractivity contribution in [3.63, 3.8) is 0 Å². The zero-order valence-corrected chi connectivity index (χ0v) is 15.3. The topological polar surface area (TPSA) is 36.4 Å². The van der Waals surface area contributed by atoms with Crippen LogP contribution >= 0.6 is 0 Å². The molecule has 136 valence electrons. The van der Waals surface area contributed by atoms with Crippen molar-refractivity contribution < 1.29 is 4.79 Å². The first-order valence-corrected chi connectivity index (χ1v) is 9.76. The van der Waals surface area contributed by atoms with E-state index in [1.165, 1.54) is 16.7 Å². The number of benzene rings is 1. The predicted octanol–water partition coefficient (Wildman–Crippen LogP) is 3.24. The summed E-state index contributed by atoms with van der Waals surface area (Å²) in [5.41, 5.74) is 4.13. The Bertz CT molecular complexity index is 746. The molecule has 4 nitrogen and oxygen atoms in total. The fourth-order valence-corrected chi connectivity index (χ4v) is 4.32. The summed E-state index contributed by atoms with van der Waals surface area (Å²) in [6, 6.07) is 12.8. The Labute approximate surface area is 155 Å².